The molecule has 0 fully saturated rings. The first kappa shape index (κ1) is 16.6. The second-order valence-corrected chi connectivity index (χ2v) is 5.48. The first-order valence-electron chi connectivity index (χ1n) is 8.02. The molecule has 0 aliphatic rings. The van der Waals surface area contributed by atoms with Crippen molar-refractivity contribution in [3.05, 3.63) is 76.6 Å². The van der Waals surface area contributed by atoms with E-state index in [4.69, 9.17) is 4.74 Å². The fraction of sp³-hybridized carbons (Fsp3) is 0.150. The van der Waals surface area contributed by atoms with Crippen LogP contribution in [0.15, 0.2) is 65.5 Å². The maximum Gasteiger partial charge on any atom is 0.344 e. The van der Waals surface area contributed by atoms with Crippen molar-refractivity contribution in [2.45, 2.75) is 6.92 Å². The predicted octanol–water partition coefficient (Wildman–Crippen LogP) is 3.29. The van der Waals surface area contributed by atoms with Crippen molar-refractivity contribution in [2.24, 2.45) is 7.05 Å². The highest BCUT2D eigenvalue weighted by Crippen LogP contribution is 2.32. The Hall–Kier alpha value is -3.21. The zero-order chi connectivity index (χ0) is 17.8. The molecule has 5 nitrogen and oxygen atoms in total. The van der Waals surface area contributed by atoms with Crippen LogP contribution in [0.1, 0.15) is 17.3 Å². The monoisotopic (exact) mass is 334 g/mol. The minimum absolute atomic E-state index is 0.00408. The molecule has 0 atom stereocenters. The molecule has 126 valence electrons. The van der Waals surface area contributed by atoms with Crippen LogP contribution in [0.25, 0.3) is 22.4 Å². The minimum atomic E-state index is -0.637. The molecule has 0 saturated heterocycles. The number of rotatable bonds is 4. The molecule has 0 bridgehead atoms. The first-order chi connectivity index (χ1) is 12.1. The van der Waals surface area contributed by atoms with Crippen LogP contribution in [-0.2, 0) is 11.8 Å². The van der Waals surface area contributed by atoms with Crippen molar-refractivity contribution in [3.8, 4) is 22.4 Å². The van der Waals surface area contributed by atoms with Crippen LogP contribution in [0.3, 0.4) is 0 Å². The van der Waals surface area contributed by atoms with Gasteiger partial charge in [0.25, 0.3) is 5.56 Å². The summed E-state index contributed by atoms with van der Waals surface area (Å²) in [6.07, 6.45) is 0. The second kappa shape index (κ2) is 7.13. The highest BCUT2D eigenvalue weighted by molar-refractivity contribution is 6.00. The fourth-order valence-electron chi connectivity index (χ4n) is 2.71. The molecule has 0 aliphatic carbocycles. The van der Waals surface area contributed by atoms with Crippen LogP contribution < -0.4 is 5.56 Å². The van der Waals surface area contributed by atoms with Crippen molar-refractivity contribution in [1.82, 2.24) is 9.78 Å². The van der Waals surface area contributed by atoms with Crippen LogP contribution in [0.4, 0.5) is 0 Å². The van der Waals surface area contributed by atoms with E-state index in [-0.39, 0.29) is 12.2 Å². The van der Waals surface area contributed by atoms with Gasteiger partial charge in [-0.25, -0.2) is 9.48 Å². The molecule has 0 unspecified atom stereocenters. The molecule has 0 N–H and O–H groups in total. The van der Waals surface area contributed by atoms with Gasteiger partial charge in [-0.15, -0.1) is 0 Å². The van der Waals surface area contributed by atoms with Gasteiger partial charge in [-0.2, -0.15) is 5.10 Å². The zero-order valence-corrected chi connectivity index (χ0v) is 14.1. The summed E-state index contributed by atoms with van der Waals surface area (Å²) in [6.45, 7) is 1.91. The Morgan fingerprint density at radius 1 is 1.00 bits per heavy atom. The summed E-state index contributed by atoms with van der Waals surface area (Å²) >= 11 is 0. The number of ether oxygens (including phenoxy) is 1. The van der Waals surface area contributed by atoms with Gasteiger partial charge in [0, 0.05) is 18.2 Å². The van der Waals surface area contributed by atoms with Crippen LogP contribution in [0.2, 0.25) is 0 Å². The normalized spacial score (nSPS) is 10.5. The smallest absolute Gasteiger partial charge is 0.344 e. The average molecular weight is 334 g/mol. The van der Waals surface area contributed by atoms with Crippen LogP contribution in [0, 0.1) is 0 Å². The molecule has 2 aromatic carbocycles. The lowest BCUT2D eigenvalue weighted by Crippen LogP contribution is -2.29. The number of hydrogen-bond donors (Lipinski definition) is 0. The van der Waals surface area contributed by atoms with E-state index < -0.39 is 11.5 Å². The number of carbonyl (C=O) groups is 1. The lowest BCUT2D eigenvalue weighted by Gasteiger charge is -2.15. The van der Waals surface area contributed by atoms with E-state index in [1.165, 1.54) is 11.7 Å². The molecular weight excluding hydrogens is 316 g/mol. The third kappa shape index (κ3) is 3.21. The average Bonchev–Trinajstić information content (AvgIpc) is 2.65. The van der Waals surface area contributed by atoms with Gasteiger partial charge in [-0.1, -0.05) is 60.7 Å². The Bertz CT molecular complexity index is 948. The van der Waals surface area contributed by atoms with Crippen molar-refractivity contribution < 1.29 is 9.53 Å². The number of esters is 1. The highest BCUT2D eigenvalue weighted by Gasteiger charge is 2.25. The molecule has 1 aromatic heterocycles. The topological polar surface area (TPSA) is 61.2 Å². The molecule has 0 radical (unpaired) electrons. The number of carbonyl (C=O) groups excluding carboxylic acids is 1. The molecule has 3 rings (SSSR count). The summed E-state index contributed by atoms with van der Waals surface area (Å²) in [5.74, 6) is -0.637. The molecule has 25 heavy (non-hydrogen) atoms. The second-order valence-electron chi connectivity index (χ2n) is 5.48. The first-order valence-corrected chi connectivity index (χ1v) is 8.02. The zero-order valence-electron chi connectivity index (χ0n) is 14.1. The van der Waals surface area contributed by atoms with E-state index in [1.54, 1.807) is 6.92 Å². The number of aryl methyl sites for hydroxylation is 1. The van der Waals surface area contributed by atoms with Gasteiger partial charge in [0.05, 0.1) is 12.3 Å². The summed E-state index contributed by atoms with van der Waals surface area (Å²) in [5.41, 5.74) is 2.16. The lowest BCUT2D eigenvalue weighted by molar-refractivity contribution is 0.0524. The van der Waals surface area contributed by atoms with Gasteiger partial charge < -0.3 is 4.74 Å². The van der Waals surface area contributed by atoms with Crippen molar-refractivity contribution >= 4 is 5.97 Å². The van der Waals surface area contributed by atoms with E-state index in [0.29, 0.717) is 11.3 Å². The van der Waals surface area contributed by atoms with Crippen molar-refractivity contribution in [2.75, 3.05) is 6.61 Å². The number of hydrogen-bond acceptors (Lipinski definition) is 4. The Kier molecular flexibility index (Phi) is 4.75. The van der Waals surface area contributed by atoms with Crippen LogP contribution >= 0.6 is 0 Å². The van der Waals surface area contributed by atoms with E-state index in [0.717, 1.165) is 11.1 Å². The Morgan fingerprint density at radius 2 is 1.56 bits per heavy atom. The molecule has 0 aliphatic heterocycles. The van der Waals surface area contributed by atoms with Gasteiger partial charge in [-0.05, 0) is 12.5 Å². The highest BCUT2D eigenvalue weighted by atomic mass is 16.5. The Morgan fingerprint density at radius 3 is 2.12 bits per heavy atom. The molecular formula is C20H18N2O3. The quantitative estimate of drug-likeness (QED) is 0.687. The largest absolute Gasteiger partial charge is 0.462 e. The third-order valence-electron chi connectivity index (χ3n) is 3.83. The Labute approximate surface area is 145 Å². The Balaban J connectivity index is 2.40. The summed E-state index contributed by atoms with van der Waals surface area (Å²) in [6, 6.07) is 18.8. The lowest BCUT2D eigenvalue weighted by atomic mass is 9.95. The molecule has 1 heterocycles. The van der Waals surface area contributed by atoms with E-state index in [1.807, 2.05) is 60.7 Å². The van der Waals surface area contributed by atoms with Gasteiger partial charge in [0.1, 0.15) is 5.56 Å². The maximum absolute atomic E-state index is 12.7. The van der Waals surface area contributed by atoms with E-state index >= 15 is 0 Å². The standard InChI is InChI=1S/C20H18N2O3/c1-3-25-20(24)17-16(14-10-6-4-7-11-14)18(21-22(2)19(17)23)15-12-8-5-9-13-15/h4-13H,3H2,1-2H3. The molecule has 0 amide bonds. The molecule has 0 spiro atoms. The summed E-state index contributed by atoms with van der Waals surface area (Å²) in [7, 11) is 1.53. The summed E-state index contributed by atoms with van der Waals surface area (Å²) in [4.78, 5) is 25.2. The number of benzene rings is 2. The minimum Gasteiger partial charge on any atom is -0.462 e. The molecule has 0 saturated carbocycles. The van der Waals surface area contributed by atoms with Gasteiger partial charge >= 0.3 is 5.97 Å². The van der Waals surface area contributed by atoms with Crippen molar-refractivity contribution in [3.63, 3.8) is 0 Å². The number of aromatic nitrogens is 2. The number of nitrogens with zero attached hydrogens (tertiary/aromatic N) is 2. The van der Waals surface area contributed by atoms with E-state index in [2.05, 4.69) is 5.10 Å². The third-order valence-corrected chi connectivity index (χ3v) is 3.83. The fourth-order valence-corrected chi connectivity index (χ4v) is 2.71. The van der Waals surface area contributed by atoms with Gasteiger partial charge in [-0.3, -0.25) is 4.79 Å². The van der Waals surface area contributed by atoms with Crippen LogP contribution in [-0.4, -0.2) is 22.4 Å². The molecule has 5 heteroatoms. The predicted molar refractivity (Wildman–Crippen MR) is 96.3 cm³/mol. The van der Waals surface area contributed by atoms with Gasteiger partial charge in [0.15, 0.2) is 0 Å². The summed E-state index contributed by atoms with van der Waals surface area (Å²) < 4.78 is 6.32. The summed E-state index contributed by atoms with van der Waals surface area (Å²) in [5, 5.41) is 4.42. The SMILES string of the molecule is CCOC(=O)c1c(-c2ccccc2)c(-c2ccccc2)nn(C)c1=O. The van der Waals surface area contributed by atoms with Crippen molar-refractivity contribution in [1.29, 1.82) is 0 Å². The van der Waals surface area contributed by atoms with Crippen LogP contribution in [0.5, 0.6) is 0 Å². The van der Waals surface area contributed by atoms with E-state index in [9.17, 15) is 9.59 Å². The molecule has 3 aromatic rings. The maximum atomic E-state index is 12.7. The van der Waals surface area contributed by atoms with Gasteiger partial charge in [0.2, 0.25) is 0 Å².